The average Bonchev–Trinajstić information content (AvgIpc) is 2.13. The minimum Gasteiger partial charge on any atom is -0.480 e. The molecule has 0 radical (unpaired) electrons. The first kappa shape index (κ1) is 12.5. The summed E-state index contributed by atoms with van der Waals surface area (Å²) in [5.41, 5.74) is 0. The number of carbonyl (C=O) groups is 3. The van der Waals surface area contributed by atoms with E-state index in [0.717, 1.165) is 19.3 Å². The van der Waals surface area contributed by atoms with Crippen molar-refractivity contribution in [3.8, 4) is 0 Å². The Kier molecular flexibility index (Phi) is 4.28. The first-order chi connectivity index (χ1) is 7.54. The molecule has 90 valence electrons. The fourth-order valence-corrected chi connectivity index (χ4v) is 1.41. The smallest absolute Gasteiger partial charge is 0.326 e. The average molecular weight is 229 g/mol. The molecule has 6 heteroatoms. The van der Waals surface area contributed by atoms with Crippen LogP contribution >= 0.6 is 0 Å². The predicted molar refractivity (Wildman–Crippen MR) is 53.5 cm³/mol. The molecule has 1 amide bonds. The number of rotatable bonds is 5. The van der Waals surface area contributed by atoms with Crippen molar-refractivity contribution in [2.45, 2.75) is 31.7 Å². The molecule has 0 heterocycles. The molecule has 1 rings (SSSR count). The van der Waals surface area contributed by atoms with Crippen molar-refractivity contribution in [2.24, 2.45) is 5.92 Å². The van der Waals surface area contributed by atoms with Crippen LogP contribution in [-0.4, -0.2) is 36.1 Å². The third-order valence-electron chi connectivity index (χ3n) is 2.69. The summed E-state index contributed by atoms with van der Waals surface area (Å²) in [6.07, 6.45) is 2.23. The van der Waals surface area contributed by atoms with E-state index in [-0.39, 0.29) is 18.2 Å². The maximum Gasteiger partial charge on any atom is 0.326 e. The Bertz CT molecular complexity index is 298. The standard InChI is InChI=1S/C10H15NO5/c1-16-8(12)5-7(10(14)15)11-9(13)6-3-2-4-6/h6-7H,2-5H2,1H3,(H,11,13)(H,14,15)/t7-/m0/s1. The maximum atomic E-state index is 11.5. The van der Waals surface area contributed by atoms with Crippen molar-refractivity contribution in [3.05, 3.63) is 0 Å². The van der Waals surface area contributed by atoms with E-state index >= 15 is 0 Å². The van der Waals surface area contributed by atoms with Crippen LogP contribution in [0.1, 0.15) is 25.7 Å². The normalized spacial score (nSPS) is 17.1. The lowest BCUT2D eigenvalue weighted by Crippen LogP contribution is -2.46. The van der Waals surface area contributed by atoms with Crippen LogP contribution in [0.3, 0.4) is 0 Å². The molecule has 0 bridgehead atoms. The monoisotopic (exact) mass is 229 g/mol. The van der Waals surface area contributed by atoms with Gasteiger partial charge in [-0.25, -0.2) is 4.79 Å². The van der Waals surface area contributed by atoms with Crippen LogP contribution in [0.25, 0.3) is 0 Å². The highest BCUT2D eigenvalue weighted by Crippen LogP contribution is 2.26. The van der Waals surface area contributed by atoms with Gasteiger partial charge in [0.25, 0.3) is 0 Å². The fourth-order valence-electron chi connectivity index (χ4n) is 1.41. The summed E-state index contributed by atoms with van der Waals surface area (Å²) in [4.78, 5) is 33.2. The highest BCUT2D eigenvalue weighted by Gasteiger charge is 2.30. The molecule has 1 saturated carbocycles. The number of amides is 1. The van der Waals surface area contributed by atoms with Crippen molar-refractivity contribution in [3.63, 3.8) is 0 Å². The molecule has 1 aliphatic rings. The largest absolute Gasteiger partial charge is 0.480 e. The minimum absolute atomic E-state index is 0.0977. The summed E-state index contributed by atoms with van der Waals surface area (Å²) >= 11 is 0. The van der Waals surface area contributed by atoms with Crippen LogP contribution < -0.4 is 5.32 Å². The number of esters is 1. The first-order valence-corrected chi connectivity index (χ1v) is 5.14. The highest BCUT2D eigenvalue weighted by atomic mass is 16.5. The number of nitrogens with one attached hydrogen (secondary N) is 1. The maximum absolute atomic E-state index is 11.5. The lowest BCUT2D eigenvalue weighted by Gasteiger charge is -2.25. The molecular formula is C10H15NO5. The highest BCUT2D eigenvalue weighted by molar-refractivity contribution is 5.88. The molecule has 0 unspecified atom stereocenters. The third-order valence-corrected chi connectivity index (χ3v) is 2.69. The number of aliphatic carboxylic acids is 1. The summed E-state index contributed by atoms with van der Waals surface area (Å²) in [7, 11) is 1.18. The Balaban J connectivity index is 2.46. The summed E-state index contributed by atoms with van der Waals surface area (Å²) in [5, 5.41) is 11.2. The second kappa shape index (κ2) is 5.48. The molecule has 16 heavy (non-hydrogen) atoms. The van der Waals surface area contributed by atoms with Crippen LogP contribution in [0.4, 0.5) is 0 Å². The Hall–Kier alpha value is -1.59. The quantitative estimate of drug-likeness (QED) is 0.643. The van der Waals surface area contributed by atoms with Crippen molar-refractivity contribution >= 4 is 17.8 Å². The third kappa shape index (κ3) is 3.22. The molecule has 0 aliphatic heterocycles. The van der Waals surface area contributed by atoms with Gasteiger partial charge in [-0.3, -0.25) is 9.59 Å². The number of carbonyl (C=O) groups excluding carboxylic acids is 2. The molecule has 0 aromatic heterocycles. The lowest BCUT2D eigenvalue weighted by atomic mass is 9.84. The Morgan fingerprint density at radius 2 is 2.06 bits per heavy atom. The Labute approximate surface area is 93.0 Å². The molecule has 6 nitrogen and oxygen atoms in total. The van der Waals surface area contributed by atoms with Gasteiger partial charge in [0.2, 0.25) is 5.91 Å². The molecule has 0 saturated heterocycles. The van der Waals surface area contributed by atoms with Gasteiger partial charge in [0.05, 0.1) is 13.5 Å². The molecule has 1 atom stereocenters. The van der Waals surface area contributed by atoms with Gasteiger partial charge in [0.1, 0.15) is 6.04 Å². The predicted octanol–water partition coefficient (Wildman–Crippen LogP) is -0.0810. The van der Waals surface area contributed by atoms with E-state index in [4.69, 9.17) is 5.11 Å². The van der Waals surface area contributed by atoms with E-state index < -0.39 is 18.0 Å². The lowest BCUT2D eigenvalue weighted by molar-refractivity contribution is -0.149. The zero-order valence-electron chi connectivity index (χ0n) is 9.06. The number of methoxy groups -OCH3 is 1. The summed E-state index contributed by atoms with van der Waals surface area (Å²) in [6, 6.07) is -1.19. The van der Waals surface area contributed by atoms with E-state index in [2.05, 4.69) is 10.1 Å². The second-order valence-electron chi connectivity index (χ2n) is 3.81. The number of hydrogen-bond acceptors (Lipinski definition) is 4. The van der Waals surface area contributed by atoms with Gasteiger partial charge in [-0.2, -0.15) is 0 Å². The van der Waals surface area contributed by atoms with E-state index in [1.165, 1.54) is 7.11 Å². The van der Waals surface area contributed by atoms with Gasteiger partial charge < -0.3 is 15.2 Å². The van der Waals surface area contributed by atoms with Crippen molar-refractivity contribution in [1.82, 2.24) is 5.32 Å². The van der Waals surface area contributed by atoms with Gasteiger partial charge >= 0.3 is 11.9 Å². The Morgan fingerprint density at radius 3 is 2.44 bits per heavy atom. The number of hydrogen-bond donors (Lipinski definition) is 2. The number of carboxylic acids is 1. The Morgan fingerprint density at radius 1 is 1.44 bits per heavy atom. The van der Waals surface area contributed by atoms with Crippen LogP contribution in [0.5, 0.6) is 0 Å². The van der Waals surface area contributed by atoms with Crippen LogP contribution in [-0.2, 0) is 19.1 Å². The SMILES string of the molecule is COC(=O)C[C@H](NC(=O)C1CCC1)C(=O)O. The summed E-state index contributed by atoms with van der Waals surface area (Å²) < 4.78 is 4.36. The molecule has 1 fully saturated rings. The minimum atomic E-state index is -1.22. The van der Waals surface area contributed by atoms with Gasteiger partial charge in [-0.15, -0.1) is 0 Å². The fraction of sp³-hybridized carbons (Fsp3) is 0.700. The zero-order valence-corrected chi connectivity index (χ0v) is 9.06. The zero-order chi connectivity index (χ0) is 12.1. The molecular weight excluding hydrogens is 214 g/mol. The topological polar surface area (TPSA) is 92.7 Å². The van der Waals surface area contributed by atoms with Crippen molar-refractivity contribution < 1.29 is 24.2 Å². The van der Waals surface area contributed by atoms with E-state index in [9.17, 15) is 14.4 Å². The van der Waals surface area contributed by atoms with Gasteiger partial charge in [0.15, 0.2) is 0 Å². The summed E-state index contributed by atoms with van der Waals surface area (Å²) in [6.45, 7) is 0. The molecule has 2 N–H and O–H groups in total. The molecule has 0 spiro atoms. The van der Waals surface area contributed by atoms with Gasteiger partial charge in [0, 0.05) is 5.92 Å². The van der Waals surface area contributed by atoms with E-state index in [1.54, 1.807) is 0 Å². The molecule has 0 aromatic carbocycles. The summed E-state index contributed by atoms with van der Waals surface area (Å²) in [5.74, 6) is -2.26. The van der Waals surface area contributed by atoms with Crippen LogP contribution in [0.15, 0.2) is 0 Å². The van der Waals surface area contributed by atoms with Crippen LogP contribution in [0, 0.1) is 5.92 Å². The van der Waals surface area contributed by atoms with E-state index in [0.29, 0.717) is 0 Å². The second-order valence-corrected chi connectivity index (χ2v) is 3.81. The first-order valence-electron chi connectivity index (χ1n) is 5.14. The number of ether oxygens (including phenoxy) is 1. The van der Waals surface area contributed by atoms with Crippen molar-refractivity contribution in [1.29, 1.82) is 0 Å². The van der Waals surface area contributed by atoms with E-state index in [1.807, 2.05) is 0 Å². The van der Waals surface area contributed by atoms with Crippen LogP contribution in [0.2, 0.25) is 0 Å². The molecule has 0 aromatic rings. The van der Waals surface area contributed by atoms with Gasteiger partial charge in [-0.05, 0) is 12.8 Å². The van der Waals surface area contributed by atoms with Crippen molar-refractivity contribution in [2.75, 3.05) is 7.11 Å². The molecule has 1 aliphatic carbocycles. The van der Waals surface area contributed by atoms with Gasteiger partial charge in [-0.1, -0.05) is 6.42 Å². The number of carboxylic acid groups (broad SMARTS) is 1.